The molecule has 0 atom stereocenters. The van der Waals surface area contributed by atoms with E-state index in [9.17, 15) is 9.59 Å². The normalized spacial score (nSPS) is 14.6. The van der Waals surface area contributed by atoms with Gasteiger partial charge in [0.25, 0.3) is 5.56 Å². The van der Waals surface area contributed by atoms with Crippen LogP contribution in [-0.2, 0) is 4.79 Å². The highest BCUT2D eigenvalue weighted by atomic mass is 35.5. The zero-order valence-electron chi connectivity index (χ0n) is 17.4. The molecule has 31 heavy (non-hydrogen) atoms. The van der Waals surface area contributed by atoms with Crippen molar-refractivity contribution in [3.05, 3.63) is 63.9 Å². The summed E-state index contributed by atoms with van der Waals surface area (Å²) in [6.07, 6.45) is 7.07. The average Bonchev–Trinajstić information content (AvgIpc) is 2.77. The number of thioether (sulfide) groups is 1. The van der Waals surface area contributed by atoms with Crippen molar-refractivity contribution >= 4 is 40.2 Å². The molecule has 0 spiro atoms. The van der Waals surface area contributed by atoms with Crippen molar-refractivity contribution in [3.8, 4) is 5.69 Å². The standard InChI is InChI=1S/C24H26ClN3O2S/c25-17-8-6-11-19(16-17)28-23(30)20-12-4-5-13-21(20)27-24(28)31-15-7-14-22(29)26-18-9-2-1-3-10-18/h4-6,8,11-13,16,18H,1-3,7,9-10,14-15H2,(H,26,29). The highest BCUT2D eigenvalue weighted by Crippen LogP contribution is 2.24. The summed E-state index contributed by atoms with van der Waals surface area (Å²) < 4.78 is 1.61. The zero-order valence-corrected chi connectivity index (χ0v) is 18.9. The van der Waals surface area contributed by atoms with Crippen LogP contribution in [0.5, 0.6) is 0 Å². The molecule has 1 heterocycles. The van der Waals surface area contributed by atoms with Crippen LogP contribution in [0.1, 0.15) is 44.9 Å². The number of amides is 1. The second kappa shape index (κ2) is 10.3. The number of nitrogens with zero attached hydrogens (tertiary/aromatic N) is 2. The van der Waals surface area contributed by atoms with E-state index in [0.29, 0.717) is 45.0 Å². The molecule has 0 saturated heterocycles. The molecule has 162 valence electrons. The first-order chi connectivity index (χ1) is 15.1. The van der Waals surface area contributed by atoms with Crippen LogP contribution in [0.25, 0.3) is 16.6 Å². The van der Waals surface area contributed by atoms with Gasteiger partial charge in [0.15, 0.2) is 5.16 Å². The largest absolute Gasteiger partial charge is 0.353 e. The van der Waals surface area contributed by atoms with E-state index < -0.39 is 0 Å². The van der Waals surface area contributed by atoms with Crippen LogP contribution in [0.4, 0.5) is 0 Å². The molecule has 1 amide bonds. The number of halogens is 1. The predicted molar refractivity (Wildman–Crippen MR) is 127 cm³/mol. The van der Waals surface area contributed by atoms with Gasteiger partial charge in [-0.1, -0.05) is 60.8 Å². The van der Waals surface area contributed by atoms with E-state index in [4.69, 9.17) is 16.6 Å². The molecule has 7 heteroatoms. The van der Waals surface area contributed by atoms with Crippen molar-refractivity contribution in [2.24, 2.45) is 0 Å². The summed E-state index contributed by atoms with van der Waals surface area (Å²) in [6, 6.07) is 14.9. The Labute approximate surface area is 191 Å². The molecular formula is C24H26ClN3O2S. The van der Waals surface area contributed by atoms with Crippen molar-refractivity contribution < 1.29 is 4.79 Å². The van der Waals surface area contributed by atoms with Gasteiger partial charge >= 0.3 is 0 Å². The minimum absolute atomic E-state index is 0.117. The summed E-state index contributed by atoms with van der Waals surface area (Å²) in [4.78, 5) is 30.2. The van der Waals surface area contributed by atoms with Gasteiger partial charge in [0, 0.05) is 23.2 Å². The van der Waals surface area contributed by atoms with Crippen molar-refractivity contribution in [1.82, 2.24) is 14.9 Å². The Morgan fingerprint density at radius 3 is 2.74 bits per heavy atom. The topological polar surface area (TPSA) is 64.0 Å². The van der Waals surface area contributed by atoms with E-state index in [2.05, 4.69) is 5.32 Å². The number of benzene rings is 2. The summed E-state index contributed by atoms with van der Waals surface area (Å²) in [5, 5.41) is 4.90. The maximum absolute atomic E-state index is 13.2. The number of hydrogen-bond donors (Lipinski definition) is 1. The number of aromatic nitrogens is 2. The number of fused-ring (bicyclic) bond motifs is 1. The van der Waals surface area contributed by atoms with Gasteiger partial charge in [-0.2, -0.15) is 0 Å². The monoisotopic (exact) mass is 455 g/mol. The van der Waals surface area contributed by atoms with Crippen LogP contribution in [-0.4, -0.2) is 27.3 Å². The number of nitrogens with one attached hydrogen (secondary N) is 1. The molecule has 1 fully saturated rings. The maximum Gasteiger partial charge on any atom is 0.266 e. The van der Waals surface area contributed by atoms with E-state index in [-0.39, 0.29) is 11.5 Å². The van der Waals surface area contributed by atoms with Crippen molar-refractivity contribution in [2.45, 2.75) is 56.1 Å². The van der Waals surface area contributed by atoms with Gasteiger partial charge in [0.2, 0.25) is 5.91 Å². The molecule has 0 unspecified atom stereocenters. The summed E-state index contributed by atoms with van der Waals surface area (Å²) in [5.74, 6) is 0.815. The van der Waals surface area contributed by atoms with Crippen LogP contribution in [0.2, 0.25) is 5.02 Å². The lowest BCUT2D eigenvalue weighted by Gasteiger charge is -2.22. The summed E-state index contributed by atoms with van der Waals surface area (Å²) in [5.41, 5.74) is 1.24. The number of carbonyl (C=O) groups is 1. The fourth-order valence-electron chi connectivity index (χ4n) is 4.00. The molecule has 1 N–H and O–H groups in total. The first kappa shape index (κ1) is 21.9. The molecule has 3 aromatic rings. The van der Waals surface area contributed by atoms with Gasteiger partial charge in [-0.3, -0.25) is 14.2 Å². The quantitative estimate of drug-likeness (QED) is 0.296. The summed E-state index contributed by atoms with van der Waals surface area (Å²) in [7, 11) is 0. The first-order valence-corrected chi connectivity index (χ1v) is 12.2. The van der Waals surface area contributed by atoms with Gasteiger partial charge in [0.1, 0.15) is 0 Å². The molecule has 1 aliphatic carbocycles. The summed E-state index contributed by atoms with van der Waals surface area (Å²) in [6.45, 7) is 0. The lowest BCUT2D eigenvalue weighted by Crippen LogP contribution is -2.36. The third kappa shape index (κ3) is 5.49. The Bertz CT molecular complexity index is 1130. The Balaban J connectivity index is 1.48. The van der Waals surface area contributed by atoms with E-state index >= 15 is 0 Å². The van der Waals surface area contributed by atoms with Gasteiger partial charge < -0.3 is 5.32 Å². The van der Waals surface area contributed by atoms with Crippen molar-refractivity contribution in [3.63, 3.8) is 0 Å². The van der Waals surface area contributed by atoms with Gasteiger partial charge in [-0.15, -0.1) is 0 Å². The van der Waals surface area contributed by atoms with E-state index in [0.717, 1.165) is 19.3 Å². The van der Waals surface area contributed by atoms with E-state index in [1.165, 1.54) is 31.0 Å². The van der Waals surface area contributed by atoms with E-state index in [1.54, 1.807) is 22.8 Å². The molecule has 0 bridgehead atoms. The zero-order chi connectivity index (χ0) is 21.6. The maximum atomic E-state index is 13.2. The fraction of sp³-hybridized carbons (Fsp3) is 0.375. The summed E-state index contributed by atoms with van der Waals surface area (Å²) >= 11 is 7.67. The number of carbonyl (C=O) groups excluding carboxylic acids is 1. The molecule has 1 aliphatic rings. The fourth-order valence-corrected chi connectivity index (χ4v) is 5.13. The molecular weight excluding hydrogens is 430 g/mol. The lowest BCUT2D eigenvalue weighted by molar-refractivity contribution is -0.122. The van der Waals surface area contributed by atoms with Gasteiger partial charge in [-0.05, 0) is 49.6 Å². The molecule has 1 saturated carbocycles. The number of para-hydroxylation sites is 1. The van der Waals surface area contributed by atoms with Crippen LogP contribution < -0.4 is 10.9 Å². The smallest absolute Gasteiger partial charge is 0.266 e. The van der Waals surface area contributed by atoms with Crippen LogP contribution in [0.3, 0.4) is 0 Å². The number of hydrogen-bond acceptors (Lipinski definition) is 4. The molecule has 5 nitrogen and oxygen atoms in total. The molecule has 2 aromatic carbocycles. The van der Waals surface area contributed by atoms with Crippen molar-refractivity contribution in [1.29, 1.82) is 0 Å². The lowest BCUT2D eigenvalue weighted by atomic mass is 9.95. The van der Waals surface area contributed by atoms with Crippen LogP contribution in [0.15, 0.2) is 58.5 Å². The van der Waals surface area contributed by atoms with Crippen LogP contribution >= 0.6 is 23.4 Å². The second-order valence-electron chi connectivity index (χ2n) is 7.89. The Kier molecular flexibility index (Phi) is 7.30. The van der Waals surface area contributed by atoms with Crippen molar-refractivity contribution in [2.75, 3.05) is 5.75 Å². The third-order valence-electron chi connectivity index (χ3n) is 5.56. The SMILES string of the molecule is O=C(CCCSc1nc2ccccc2c(=O)n1-c1cccc(Cl)c1)NC1CCCCC1. The Morgan fingerprint density at radius 1 is 1.13 bits per heavy atom. The Hall–Kier alpha value is -2.31. The van der Waals surface area contributed by atoms with Gasteiger partial charge in [0.05, 0.1) is 16.6 Å². The molecule has 0 radical (unpaired) electrons. The first-order valence-electron chi connectivity index (χ1n) is 10.8. The molecule has 1 aromatic heterocycles. The third-order valence-corrected chi connectivity index (χ3v) is 6.82. The number of rotatable bonds is 7. The second-order valence-corrected chi connectivity index (χ2v) is 9.38. The van der Waals surface area contributed by atoms with Gasteiger partial charge in [-0.25, -0.2) is 4.98 Å². The minimum Gasteiger partial charge on any atom is -0.353 e. The van der Waals surface area contributed by atoms with E-state index in [1.807, 2.05) is 30.3 Å². The average molecular weight is 456 g/mol. The Morgan fingerprint density at radius 2 is 1.94 bits per heavy atom. The highest BCUT2D eigenvalue weighted by Gasteiger charge is 2.16. The molecule has 4 rings (SSSR count). The highest BCUT2D eigenvalue weighted by molar-refractivity contribution is 7.99. The molecule has 0 aliphatic heterocycles. The minimum atomic E-state index is -0.120. The van der Waals surface area contributed by atoms with Crippen LogP contribution in [0, 0.1) is 0 Å². The predicted octanol–water partition coefficient (Wildman–Crippen LogP) is 5.36.